The smallest absolute Gasteiger partial charge is 0.247 e. The van der Waals surface area contributed by atoms with Gasteiger partial charge in [-0.05, 0) is 43.5 Å². The van der Waals surface area contributed by atoms with Gasteiger partial charge in [-0.3, -0.25) is 9.69 Å². The van der Waals surface area contributed by atoms with E-state index in [-0.39, 0.29) is 18.5 Å². The maximum absolute atomic E-state index is 14.0. The molecule has 2 heterocycles. The Morgan fingerprint density at radius 3 is 2.68 bits per heavy atom. The van der Waals surface area contributed by atoms with Crippen LogP contribution in [0.15, 0.2) is 42.5 Å². The van der Waals surface area contributed by atoms with Crippen LogP contribution >= 0.6 is 0 Å². The number of carbonyl (C=O) groups excluding carboxylic acids is 1. The number of ether oxygens (including phenoxy) is 2. The molecule has 1 aromatic heterocycles. The fraction of sp³-hybridized carbons (Fsp3) is 0.481. The standard InChI is InChI=1S/C27H36N4O3/c1-5-22-10-8-9-20(2)27(22)31(21(3)19-33-4)26(32)18-30-24-12-7-6-11-23(24)28-25(30)17-29-13-15-34-16-14-29/h6-12,21H,5,13-19H2,1-4H3/t21-/m0/s1. The molecular weight excluding hydrogens is 428 g/mol. The molecule has 2 aromatic carbocycles. The molecule has 0 spiro atoms. The summed E-state index contributed by atoms with van der Waals surface area (Å²) in [6, 6.07) is 14.2. The lowest BCUT2D eigenvalue weighted by atomic mass is 10.0. The number of anilines is 1. The summed E-state index contributed by atoms with van der Waals surface area (Å²) in [5.41, 5.74) is 5.16. The van der Waals surface area contributed by atoms with Crippen molar-refractivity contribution in [3.05, 3.63) is 59.4 Å². The quantitative estimate of drug-likeness (QED) is 0.482. The van der Waals surface area contributed by atoms with Gasteiger partial charge in [0.15, 0.2) is 0 Å². The minimum absolute atomic E-state index is 0.0416. The van der Waals surface area contributed by atoms with Crippen molar-refractivity contribution in [3.63, 3.8) is 0 Å². The highest BCUT2D eigenvalue weighted by atomic mass is 16.5. The van der Waals surface area contributed by atoms with Gasteiger partial charge in [-0.2, -0.15) is 0 Å². The highest BCUT2D eigenvalue weighted by Gasteiger charge is 2.27. The Morgan fingerprint density at radius 2 is 1.94 bits per heavy atom. The molecule has 34 heavy (non-hydrogen) atoms. The topological polar surface area (TPSA) is 59.8 Å². The molecule has 0 unspecified atom stereocenters. The molecule has 7 heteroatoms. The fourth-order valence-electron chi connectivity index (χ4n) is 4.85. The molecule has 1 aliphatic heterocycles. The molecule has 182 valence electrons. The van der Waals surface area contributed by atoms with Crippen LogP contribution in [0.4, 0.5) is 5.69 Å². The Balaban J connectivity index is 1.71. The molecule has 1 saturated heterocycles. The average Bonchev–Trinajstić information content (AvgIpc) is 3.18. The first-order valence-electron chi connectivity index (χ1n) is 12.2. The first-order chi connectivity index (χ1) is 16.5. The number of methoxy groups -OCH3 is 1. The molecule has 0 bridgehead atoms. The van der Waals surface area contributed by atoms with Crippen molar-refractivity contribution in [2.75, 3.05) is 44.9 Å². The number of hydrogen-bond donors (Lipinski definition) is 0. The molecule has 0 aliphatic carbocycles. The Bertz CT molecular complexity index is 1120. The van der Waals surface area contributed by atoms with E-state index in [2.05, 4.69) is 41.5 Å². The maximum Gasteiger partial charge on any atom is 0.247 e. The second-order valence-electron chi connectivity index (χ2n) is 9.00. The predicted molar refractivity (Wildman–Crippen MR) is 135 cm³/mol. The number of nitrogens with zero attached hydrogens (tertiary/aromatic N) is 4. The van der Waals surface area contributed by atoms with Crippen molar-refractivity contribution in [3.8, 4) is 0 Å². The normalized spacial score (nSPS) is 15.5. The van der Waals surface area contributed by atoms with Crippen LogP contribution in [0.1, 0.15) is 30.8 Å². The third-order valence-electron chi connectivity index (χ3n) is 6.56. The summed E-state index contributed by atoms with van der Waals surface area (Å²) in [5.74, 6) is 0.955. The van der Waals surface area contributed by atoms with Crippen LogP contribution in [0, 0.1) is 6.92 Å². The summed E-state index contributed by atoms with van der Waals surface area (Å²) in [6.07, 6.45) is 0.858. The third kappa shape index (κ3) is 5.17. The zero-order valence-corrected chi connectivity index (χ0v) is 20.8. The summed E-state index contributed by atoms with van der Waals surface area (Å²) < 4.78 is 13.1. The van der Waals surface area contributed by atoms with E-state index in [0.29, 0.717) is 13.2 Å². The number of aryl methyl sites for hydroxylation is 2. The molecular formula is C27H36N4O3. The third-order valence-corrected chi connectivity index (χ3v) is 6.56. The number of rotatable bonds is 9. The molecule has 4 rings (SSSR count). The molecule has 7 nitrogen and oxygen atoms in total. The first-order valence-corrected chi connectivity index (χ1v) is 12.2. The first kappa shape index (κ1) is 24.4. The fourth-order valence-corrected chi connectivity index (χ4v) is 4.85. The van der Waals surface area contributed by atoms with E-state index in [1.165, 1.54) is 5.56 Å². The van der Waals surface area contributed by atoms with E-state index in [1.807, 2.05) is 36.1 Å². The second kappa shape index (κ2) is 11.1. The number of benzene rings is 2. The average molecular weight is 465 g/mol. The van der Waals surface area contributed by atoms with Gasteiger partial charge in [0.25, 0.3) is 0 Å². The maximum atomic E-state index is 14.0. The van der Waals surface area contributed by atoms with Crippen LogP contribution in [0.3, 0.4) is 0 Å². The Kier molecular flexibility index (Phi) is 7.98. The van der Waals surface area contributed by atoms with Crippen molar-refractivity contribution in [1.82, 2.24) is 14.5 Å². The number of imidazole rings is 1. The molecule has 1 fully saturated rings. The van der Waals surface area contributed by atoms with Crippen LogP contribution in [0.25, 0.3) is 11.0 Å². The van der Waals surface area contributed by atoms with Crippen molar-refractivity contribution >= 4 is 22.6 Å². The van der Waals surface area contributed by atoms with E-state index < -0.39 is 0 Å². The summed E-state index contributed by atoms with van der Waals surface area (Å²) >= 11 is 0. The van der Waals surface area contributed by atoms with Gasteiger partial charge in [-0.1, -0.05) is 37.3 Å². The number of aromatic nitrogens is 2. The minimum Gasteiger partial charge on any atom is -0.383 e. The van der Waals surface area contributed by atoms with Gasteiger partial charge in [-0.25, -0.2) is 4.98 Å². The number of fused-ring (bicyclic) bond motifs is 1. The van der Waals surface area contributed by atoms with E-state index in [1.54, 1.807) is 7.11 Å². The summed E-state index contributed by atoms with van der Waals surface area (Å²) in [7, 11) is 1.68. The van der Waals surface area contributed by atoms with Crippen LogP contribution < -0.4 is 4.90 Å². The lowest BCUT2D eigenvalue weighted by molar-refractivity contribution is -0.119. The summed E-state index contributed by atoms with van der Waals surface area (Å²) in [6.45, 7) is 10.9. The van der Waals surface area contributed by atoms with Crippen LogP contribution in [-0.2, 0) is 33.8 Å². The van der Waals surface area contributed by atoms with Crippen LogP contribution in [0.2, 0.25) is 0 Å². The van der Waals surface area contributed by atoms with Gasteiger partial charge in [0.05, 0.1) is 49.1 Å². The Labute approximate surface area is 202 Å². The van der Waals surface area contributed by atoms with Gasteiger partial charge < -0.3 is 18.9 Å². The highest BCUT2D eigenvalue weighted by Crippen LogP contribution is 2.29. The van der Waals surface area contributed by atoms with Gasteiger partial charge in [0.2, 0.25) is 5.91 Å². The molecule has 0 radical (unpaired) electrons. The lowest BCUT2D eigenvalue weighted by Crippen LogP contribution is -2.44. The number of hydrogen-bond acceptors (Lipinski definition) is 5. The van der Waals surface area contributed by atoms with Gasteiger partial charge in [0.1, 0.15) is 12.4 Å². The predicted octanol–water partition coefficient (Wildman–Crippen LogP) is 3.81. The molecule has 0 N–H and O–H groups in total. The Morgan fingerprint density at radius 1 is 1.18 bits per heavy atom. The minimum atomic E-state index is -0.0959. The molecule has 3 aromatic rings. The van der Waals surface area contributed by atoms with Crippen molar-refractivity contribution in [2.24, 2.45) is 0 Å². The molecule has 1 aliphatic rings. The van der Waals surface area contributed by atoms with Crippen molar-refractivity contribution in [1.29, 1.82) is 0 Å². The van der Waals surface area contributed by atoms with Crippen molar-refractivity contribution in [2.45, 2.75) is 46.3 Å². The lowest BCUT2D eigenvalue weighted by Gasteiger charge is -2.32. The number of carbonyl (C=O) groups is 1. The summed E-state index contributed by atoms with van der Waals surface area (Å²) in [5, 5.41) is 0. The van der Waals surface area contributed by atoms with Crippen LogP contribution in [-0.4, -0.2) is 66.4 Å². The highest BCUT2D eigenvalue weighted by molar-refractivity contribution is 5.96. The number of para-hydroxylation sites is 3. The Hall–Kier alpha value is -2.74. The zero-order chi connectivity index (χ0) is 24.1. The molecule has 0 saturated carbocycles. The monoisotopic (exact) mass is 464 g/mol. The summed E-state index contributed by atoms with van der Waals surface area (Å²) in [4.78, 5) is 23.2. The molecule has 1 atom stereocenters. The van der Waals surface area contributed by atoms with E-state index in [0.717, 1.165) is 60.8 Å². The van der Waals surface area contributed by atoms with Crippen molar-refractivity contribution < 1.29 is 14.3 Å². The van der Waals surface area contributed by atoms with Gasteiger partial charge in [-0.15, -0.1) is 0 Å². The molecule has 1 amide bonds. The largest absolute Gasteiger partial charge is 0.383 e. The van der Waals surface area contributed by atoms with E-state index >= 15 is 0 Å². The second-order valence-corrected chi connectivity index (χ2v) is 9.00. The van der Waals surface area contributed by atoms with E-state index in [9.17, 15) is 4.79 Å². The number of morpholine rings is 1. The van der Waals surface area contributed by atoms with Gasteiger partial charge in [0, 0.05) is 20.2 Å². The van der Waals surface area contributed by atoms with E-state index in [4.69, 9.17) is 14.5 Å². The SMILES string of the molecule is CCc1cccc(C)c1N(C(=O)Cn1c(CN2CCOCC2)nc2ccccc21)[C@@H](C)COC. The zero-order valence-electron chi connectivity index (χ0n) is 20.8. The van der Waals surface area contributed by atoms with Crippen LogP contribution in [0.5, 0.6) is 0 Å². The van der Waals surface area contributed by atoms with Gasteiger partial charge >= 0.3 is 0 Å². The number of amides is 1.